The molecule has 1 nitrogen and oxygen atoms in total. The van der Waals surface area contributed by atoms with Gasteiger partial charge < -0.3 is 0 Å². The fraction of sp³-hybridized carbons (Fsp3) is 0.100. The summed E-state index contributed by atoms with van der Waals surface area (Å²) >= 11 is 5.56. The van der Waals surface area contributed by atoms with E-state index in [0.29, 0.717) is 5.02 Å². The molecule has 1 aromatic rings. The van der Waals surface area contributed by atoms with E-state index in [-0.39, 0.29) is 17.9 Å². The second-order valence-corrected chi connectivity index (χ2v) is 3.20. The van der Waals surface area contributed by atoms with Gasteiger partial charge in [-0.05, 0) is 17.7 Å². The topological polar surface area (TPSA) is 17.1 Å². The Bertz CT molecular complexity index is 379. The minimum atomic E-state index is -4.50. The van der Waals surface area contributed by atoms with Crippen LogP contribution >= 0.6 is 11.6 Å². The highest BCUT2D eigenvalue weighted by Crippen LogP contribution is 2.23. The van der Waals surface area contributed by atoms with Crippen LogP contribution in [0.2, 0.25) is 5.02 Å². The maximum atomic E-state index is 12.0. The van der Waals surface area contributed by atoms with Crippen molar-refractivity contribution in [2.24, 2.45) is 0 Å². The maximum absolute atomic E-state index is 12.0. The first kappa shape index (κ1) is 11.8. The highest BCUT2D eigenvalue weighted by atomic mass is 35.5. The third kappa shape index (κ3) is 3.75. The molecule has 5 heteroatoms. The number of allylic oxidation sites excluding steroid dienone is 2. The van der Waals surface area contributed by atoms with Crippen molar-refractivity contribution >= 4 is 23.5 Å². The summed E-state index contributed by atoms with van der Waals surface area (Å²) in [5, 5.41) is 0.399. The van der Waals surface area contributed by atoms with Crippen molar-refractivity contribution in [1.29, 1.82) is 0 Å². The first-order valence-corrected chi connectivity index (χ1v) is 4.31. The Hall–Kier alpha value is -1.29. The average Bonchev–Trinajstić information content (AvgIpc) is 2.14. The molecule has 0 heterocycles. The van der Waals surface area contributed by atoms with E-state index in [9.17, 15) is 18.0 Å². The van der Waals surface area contributed by atoms with Crippen LogP contribution in [-0.2, 0) is 4.79 Å². The van der Waals surface area contributed by atoms with Crippen molar-refractivity contribution in [3.63, 3.8) is 0 Å². The number of aldehydes is 1. The summed E-state index contributed by atoms with van der Waals surface area (Å²) < 4.78 is 36.0. The number of halogens is 4. The van der Waals surface area contributed by atoms with Gasteiger partial charge >= 0.3 is 6.18 Å². The Morgan fingerprint density at radius 2 is 1.73 bits per heavy atom. The van der Waals surface area contributed by atoms with Gasteiger partial charge in [0.15, 0.2) is 6.29 Å². The summed E-state index contributed by atoms with van der Waals surface area (Å²) in [5.74, 6) is 0. The van der Waals surface area contributed by atoms with E-state index in [0.717, 1.165) is 0 Å². The Labute approximate surface area is 89.2 Å². The zero-order valence-corrected chi connectivity index (χ0v) is 8.14. The van der Waals surface area contributed by atoms with E-state index in [1.165, 1.54) is 24.3 Å². The van der Waals surface area contributed by atoms with Gasteiger partial charge in [0.25, 0.3) is 0 Å². The van der Waals surface area contributed by atoms with Crippen LogP contribution in [0.15, 0.2) is 30.3 Å². The summed E-state index contributed by atoms with van der Waals surface area (Å²) in [7, 11) is 0. The molecule has 0 radical (unpaired) electrons. The fourth-order valence-electron chi connectivity index (χ4n) is 1.00. The number of hydrogen-bond donors (Lipinski definition) is 0. The SMILES string of the molecule is O=C/C(=C/C(F)(F)F)c1ccc(Cl)cc1. The lowest BCUT2D eigenvalue weighted by molar-refractivity contribution is -0.104. The number of benzene rings is 1. The average molecular weight is 235 g/mol. The third-order valence-electron chi connectivity index (χ3n) is 1.62. The number of alkyl halides is 3. The lowest BCUT2D eigenvalue weighted by Crippen LogP contribution is -2.03. The highest BCUT2D eigenvalue weighted by molar-refractivity contribution is 6.30. The smallest absolute Gasteiger partial charge is 0.298 e. The molecular formula is C10H6ClF3O. The fourth-order valence-corrected chi connectivity index (χ4v) is 1.13. The van der Waals surface area contributed by atoms with E-state index >= 15 is 0 Å². The van der Waals surface area contributed by atoms with Crippen molar-refractivity contribution in [3.8, 4) is 0 Å². The van der Waals surface area contributed by atoms with Crippen molar-refractivity contribution in [3.05, 3.63) is 40.9 Å². The molecule has 0 amide bonds. The molecule has 0 aromatic heterocycles. The largest absolute Gasteiger partial charge is 0.410 e. The molecule has 0 fully saturated rings. The van der Waals surface area contributed by atoms with Gasteiger partial charge in [0.1, 0.15) is 0 Å². The maximum Gasteiger partial charge on any atom is 0.410 e. The number of rotatable bonds is 2. The van der Waals surface area contributed by atoms with E-state index in [4.69, 9.17) is 11.6 Å². The van der Waals surface area contributed by atoms with Gasteiger partial charge in [0.05, 0.1) is 0 Å². The minimum Gasteiger partial charge on any atom is -0.298 e. The van der Waals surface area contributed by atoms with Crippen molar-refractivity contribution < 1.29 is 18.0 Å². The van der Waals surface area contributed by atoms with E-state index in [1.807, 2.05) is 0 Å². The first-order chi connectivity index (χ1) is 6.92. The second kappa shape index (κ2) is 4.49. The van der Waals surface area contributed by atoms with Crippen LogP contribution in [0.25, 0.3) is 5.57 Å². The summed E-state index contributed by atoms with van der Waals surface area (Å²) in [6.45, 7) is 0. The van der Waals surface area contributed by atoms with Gasteiger partial charge in [0, 0.05) is 16.7 Å². The van der Waals surface area contributed by atoms with Gasteiger partial charge in [0.2, 0.25) is 0 Å². The number of hydrogen-bond acceptors (Lipinski definition) is 1. The van der Waals surface area contributed by atoms with Crippen LogP contribution in [0.5, 0.6) is 0 Å². The van der Waals surface area contributed by atoms with Crippen LogP contribution in [0.1, 0.15) is 5.56 Å². The Morgan fingerprint density at radius 1 is 1.20 bits per heavy atom. The molecular weight excluding hydrogens is 229 g/mol. The molecule has 0 aliphatic rings. The zero-order chi connectivity index (χ0) is 11.5. The minimum absolute atomic E-state index is 0.0385. The molecule has 0 saturated heterocycles. The zero-order valence-electron chi connectivity index (χ0n) is 7.38. The van der Waals surface area contributed by atoms with Gasteiger partial charge in [-0.3, -0.25) is 4.79 Å². The normalized spacial score (nSPS) is 12.7. The first-order valence-electron chi connectivity index (χ1n) is 3.93. The van der Waals surface area contributed by atoms with Gasteiger partial charge in [-0.25, -0.2) is 0 Å². The summed E-state index contributed by atoms with van der Waals surface area (Å²) in [4.78, 5) is 10.5. The van der Waals surface area contributed by atoms with Crippen LogP contribution < -0.4 is 0 Å². The molecule has 0 aliphatic carbocycles. The van der Waals surface area contributed by atoms with Crippen molar-refractivity contribution in [2.45, 2.75) is 6.18 Å². The summed E-state index contributed by atoms with van der Waals surface area (Å²) in [5.41, 5.74) is -0.231. The predicted molar refractivity (Wildman–Crippen MR) is 51.5 cm³/mol. The summed E-state index contributed by atoms with van der Waals surface area (Å²) in [6, 6.07) is 5.55. The number of carbonyl (C=O) groups excluding carboxylic acids is 1. The molecule has 0 spiro atoms. The molecule has 0 N–H and O–H groups in total. The highest BCUT2D eigenvalue weighted by Gasteiger charge is 2.24. The summed E-state index contributed by atoms with van der Waals surface area (Å²) in [6.07, 6.45) is -4.38. The molecule has 80 valence electrons. The third-order valence-corrected chi connectivity index (χ3v) is 1.88. The quantitative estimate of drug-likeness (QED) is 0.566. The monoisotopic (exact) mass is 234 g/mol. The Morgan fingerprint density at radius 3 is 2.13 bits per heavy atom. The standard InChI is InChI=1S/C10H6ClF3O/c11-9-3-1-7(2-4-9)8(6-15)5-10(12,13)14/h1-6H/b8-5-. The lowest BCUT2D eigenvalue weighted by atomic mass is 10.1. The predicted octanol–water partition coefficient (Wildman–Crippen LogP) is 3.48. The molecule has 0 saturated carbocycles. The number of carbonyl (C=O) groups is 1. The Balaban J connectivity index is 3.08. The van der Waals surface area contributed by atoms with Crippen LogP contribution in [0.4, 0.5) is 13.2 Å². The molecule has 0 aliphatic heterocycles. The van der Waals surface area contributed by atoms with E-state index in [1.54, 1.807) is 0 Å². The van der Waals surface area contributed by atoms with Crippen molar-refractivity contribution in [1.82, 2.24) is 0 Å². The molecule has 0 atom stereocenters. The molecule has 1 aromatic carbocycles. The molecule has 15 heavy (non-hydrogen) atoms. The van der Waals surface area contributed by atoms with Gasteiger partial charge in [-0.2, -0.15) is 13.2 Å². The van der Waals surface area contributed by atoms with E-state index in [2.05, 4.69) is 0 Å². The van der Waals surface area contributed by atoms with Crippen LogP contribution in [0.3, 0.4) is 0 Å². The van der Waals surface area contributed by atoms with E-state index < -0.39 is 11.7 Å². The molecule has 0 bridgehead atoms. The molecule has 1 rings (SSSR count). The van der Waals surface area contributed by atoms with Crippen LogP contribution in [0, 0.1) is 0 Å². The van der Waals surface area contributed by atoms with Gasteiger partial charge in [-0.15, -0.1) is 0 Å². The van der Waals surface area contributed by atoms with Crippen LogP contribution in [-0.4, -0.2) is 12.5 Å². The van der Waals surface area contributed by atoms with Crippen molar-refractivity contribution in [2.75, 3.05) is 0 Å². The second-order valence-electron chi connectivity index (χ2n) is 2.77. The Kier molecular flexibility index (Phi) is 3.52. The van der Waals surface area contributed by atoms with Gasteiger partial charge in [-0.1, -0.05) is 23.7 Å². The lowest BCUT2D eigenvalue weighted by Gasteiger charge is -2.03. The molecule has 0 unspecified atom stereocenters.